The van der Waals surface area contributed by atoms with Gasteiger partial charge in [-0.25, -0.2) is 9.55 Å². The third kappa shape index (κ3) is 4.30. The fraction of sp³-hybridized carbons (Fsp3) is 0.158. The fourth-order valence-corrected chi connectivity index (χ4v) is 2.52. The van der Waals surface area contributed by atoms with Gasteiger partial charge in [-0.2, -0.15) is 0 Å². The van der Waals surface area contributed by atoms with Crippen LogP contribution in [0.1, 0.15) is 11.4 Å². The molecule has 0 saturated heterocycles. The number of benzene rings is 2. The number of nitro groups is 1. The van der Waals surface area contributed by atoms with Crippen LogP contribution in [0.3, 0.4) is 0 Å². The number of rotatable bonds is 6. The second kappa shape index (κ2) is 7.69. The first-order chi connectivity index (χ1) is 12.9. The van der Waals surface area contributed by atoms with E-state index in [9.17, 15) is 14.9 Å². The number of aromatic nitrogens is 2. The minimum absolute atomic E-state index is 0.221. The Morgan fingerprint density at radius 2 is 1.89 bits per heavy atom. The molecule has 8 nitrogen and oxygen atoms in total. The van der Waals surface area contributed by atoms with E-state index in [1.54, 1.807) is 31.2 Å². The summed E-state index contributed by atoms with van der Waals surface area (Å²) in [4.78, 5) is 26.8. The number of anilines is 1. The highest BCUT2D eigenvalue weighted by molar-refractivity contribution is 5.92. The lowest BCUT2D eigenvalue weighted by Gasteiger charge is -2.12. The lowest BCUT2D eigenvalue weighted by molar-refractivity contribution is -0.392. The van der Waals surface area contributed by atoms with E-state index in [-0.39, 0.29) is 12.4 Å². The van der Waals surface area contributed by atoms with E-state index in [0.29, 0.717) is 23.0 Å². The molecule has 1 heterocycles. The van der Waals surface area contributed by atoms with E-state index in [2.05, 4.69) is 10.3 Å². The predicted molar refractivity (Wildman–Crippen MR) is 99.9 cm³/mol. The average molecular weight is 366 g/mol. The van der Waals surface area contributed by atoms with Crippen LogP contribution < -0.4 is 10.1 Å². The van der Waals surface area contributed by atoms with Gasteiger partial charge in [0.2, 0.25) is 0 Å². The molecule has 1 amide bonds. The largest absolute Gasteiger partial charge is 0.455 e. The third-order valence-electron chi connectivity index (χ3n) is 3.93. The number of nitrogens with zero attached hydrogens (tertiary/aromatic N) is 3. The molecule has 0 aliphatic rings. The molecule has 1 aromatic heterocycles. The molecule has 3 rings (SSSR count). The van der Waals surface area contributed by atoms with Gasteiger partial charge in [-0.05, 0) is 36.1 Å². The van der Waals surface area contributed by atoms with Crippen molar-refractivity contribution in [3.05, 3.63) is 76.2 Å². The van der Waals surface area contributed by atoms with Crippen LogP contribution in [0, 0.1) is 24.0 Å². The van der Waals surface area contributed by atoms with Gasteiger partial charge in [0, 0.05) is 6.92 Å². The Labute approximate surface area is 155 Å². The number of carbonyl (C=O) groups is 1. The van der Waals surface area contributed by atoms with Crippen LogP contribution in [-0.2, 0) is 11.3 Å². The summed E-state index contributed by atoms with van der Waals surface area (Å²) in [5.41, 5.74) is 1.59. The highest BCUT2D eigenvalue weighted by Crippen LogP contribution is 2.29. The van der Waals surface area contributed by atoms with E-state index >= 15 is 0 Å². The molecule has 0 atom stereocenters. The molecule has 27 heavy (non-hydrogen) atoms. The number of ether oxygens (including phenoxy) is 1. The Morgan fingerprint density at radius 1 is 1.19 bits per heavy atom. The second-order valence-electron chi connectivity index (χ2n) is 5.97. The van der Waals surface area contributed by atoms with Crippen molar-refractivity contribution in [2.45, 2.75) is 20.4 Å². The third-order valence-corrected chi connectivity index (χ3v) is 3.93. The van der Waals surface area contributed by atoms with E-state index in [4.69, 9.17) is 4.74 Å². The van der Waals surface area contributed by atoms with Crippen LogP contribution in [0.25, 0.3) is 0 Å². The highest BCUT2D eigenvalue weighted by Gasteiger charge is 2.20. The molecule has 0 bridgehead atoms. The fourth-order valence-electron chi connectivity index (χ4n) is 2.52. The minimum atomic E-state index is -0.568. The van der Waals surface area contributed by atoms with Gasteiger partial charge in [0.25, 0.3) is 5.91 Å². The van der Waals surface area contributed by atoms with Crippen molar-refractivity contribution in [1.82, 2.24) is 9.55 Å². The number of amides is 1. The van der Waals surface area contributed by atoms with Crippen LogP contribution in [0.15, 0.2) is 54.7 Å². The molecule has 0 radical (unpaired) electrons. The van der Waals surface area contributed by atoms with Crippen LogP contribution in [0.5, 0.6) is 11.5 Å². The zero-order chi connectivity index (χ0) is 19.4. The van der Waals surface area contributed by atoms with Crippen LogP contribution in [-0.4, -0.2) is 20.4 Å². The standard InChI is InChI=1S/C19H18N4O4/c1-13-7-9-15(10-8-13)27-17-6-4-3-5-16(17)21-18(24)12-22-14(2)20-11-19(22)23(25)26/h3-11H,12H2,1-2H3,(H,21,24). The Morgan fingerprint density at radius 3 is 2.59 bits per heavy atom. The van der Waals surface area contributed by atoms with Crippen LogP contribution in [0.4, 0.5) is 11.5 Å². The quantitative estimate of drug-likeness (QED) is 0.528. The van der Waals surface area contributed by atoms with Crippen molar-refractivity contribution in [1.29, 1.82) is 0 Å². The summed E-state index contributed by atoms with van der Waals surface area (Å²) in [6.07, 6.45) is 1.14. The molecule has 8 heteroatoms. The molecule has 0 aliphatic heterocycles. The van der Waals surface area contributed by atoms with Crippen molar-refractivity contribution in [2.24, 2.45) is 0 Å². The number of nitrogens with one attached hydrogen (secondary N) is 1. The van der Waals surface area contributed by atoms with E-state index in [1.165, 1.54) is 4.57 Å². The zero-order valence-electron chi connectivity index (χ0n) is 14.9. The normalized spacial score (nSPS) is 10.4. The molecule has 3 aromatic rings. The van der Waals surface area contributed by atoms with Gasteiger partial charge in [0.1, 0.15) is 11.9 Å². The summed E-state index contributed by atoms with van der Waals surface area (Å²) in [6, 6.07) is 14.5. The number of para-hydroxylation sites is 2. The maximum atomic E-state index is 12.4. The number of hydrogen-bond acceptors (Lipinski definition) is 5. The van der Waals surface area contributed by atoms with Gasteiger partial charge in [0.15, 0.2) is 18.1 Å². The molecule has 1 N–H and O–H groups in total. The molecular formula is C19H18N4O4. The van der Waals surface area contributed by atoms with Crippen LogP contribution >= 0.6 is 0 Å². The van der Waals surface area contributed by atoms with E-state index in [0.717, 1.165) is 11.8 Å². The van der Waals surface area contributed by atoms with Gasteiger partial charge >= 0.3 is 5.82 Å². The molecule has 0 unspecified atom stereocenters. The van der Waals surface area contributed by atoms with Crippen molar-refractivity contribution in [2.75, 3.05) is 5.32 Å². The smallest absolute Gasteiger partial charge is 0.343 e. The monoisotopic (exact) mass is 366 g/mol. The molecular weight excluding hydrogens is 348 g/mol. The van der Waals surface area contributed by atoms with E-state index in [1.807, 2.05) is 31.2 Å². The zero-order valence-corrected chi connectivity index (χ0v) is 14.9. The maximum absolute atomic E-state index is 12.4. The van der Waals surface area contributed by atoms with Gasteiger partial charge in [0.05, 0.1) is 5.69 Å². The Balaban J connectivity index is 1.76. The summed E-state index contributed by atoms with van der Waals surface area (Å²) in [6.45, 7) is 3.37. The average Bonchev–Trinajstić information content (AvgIpc) is 2.99. The second-order valence-corrected chi connectivity index (χ2v) is 5.97. The topological polar surface area (TPSA) is 99.3 Å². The molecule has 0 spiro atoms. The van der Waals surface area contributed by atoms with Crippen molar-refractivity contribution >= 4 is 17.4 Å². The summed E-state index contributed by atoms with van der Waals surface area (Å²) < 4.78 is 7.09. The SMILES string of the molecule is Cc1ccc(Oc2ccccc2NC(=O)Cn2c([N+](=O)[O-])cnc2C)cc1. The van der Waals surface area contributed by atoms with Crippen LogP contribution in [0.2, 0.25) is 0 Å². The molecule has 0 fully saturated rings. The summed E-state index contributed by atoms with van der Waals surface area (Å²) in [7, 11) is 0. The first-order valence-corrected chi connectivity index (χ1v) is 8.24. The minimum Gasteiger partial charge on any atom is -0.455 e. The van der Waals surface area contributed by atoms with Gasteiger partial charge in [-0.15, -0.1) is 0 Å². The Hall–Kier alpha value is -3.68. The predicted octanol–water partition coefficient (Wildman–Crippen LogP) is 3.84. The Kier molecular flexibility index (Phi) is 5.16. The van der Waals surface area contributed by atoms with E-state index < -0.39 is 10.8 Å². The number of imidazole rings is 1. The van der Waals surface area contributed by atoms with Crippen molar-refractivity contribution in [3.63, 3.8) is 0 Å². The van der Waals surface area contributed by atoms with Gasteiger partial charge in [-0.3, -0.25) is 4.79 Å². The number of aryl methyl sites for hydroxylation is 2. The van der Waals surface area contributed by atoms with Crippen molar-refractivity contribution in [3.8, 4) is 11.5 Å². The molecule has 0 saturated carbocycles. The summed E-state index contributed by atoms with van der Waals surface area (Å²) in [5.74, 6) is 0.863. The number of hydrogen-bond donors (Lipinski definition) is 1. The lowest BCUT2D eigenvalue weighted by atomic mass is 10.2. The highest BCUT2D eigenvalue weighted by atomic mass is 16.6. The van der Waals surface area contributed by atoms with Gasteiger partial charge in [-0.1, -0.05) is 29.8 Å². The molecule has 0 aliphatic carbocycles. The first-order valence-electron chi connectivity index (χ1n) is 8.24. The van der Waals surface area contributed by atoms with Crippen molar-refractivity contribution < 1.29 is 14.5 Å². The molecule has 138 valence electrons. The Bertz CT molecular complexity index is 980. The number of carbonyl (C=O) groups excluding carboxylic acids is 1. The first kappa shape index (κ1) is 18.1. The lowest BCUT2D eigenvalue weighted by Crippen LogP contribution is -2.20. The maximum Gasteiger partial charge on any atom is 0.343 e. The summed E-state index contributed by atoms with van der Waals surface area (Å²) in [5, 5.41) is 13.8. The molecule has 2 aromatic carbocycles. The summed E-state index contributed by atoms with van der Waals surface area (Å²) >= 11 is 0. The van der Waals surface area contributed by atoms with Gasteiger partial charge < -0.3 is 20.2 Å².